The quantitative estimate of drug-likeness (QED) is 0.754. The van der Waals surface area contributed by atoms with Crippen molar-refractivity contribution in [3.05, 3.63) is 41.7 Å². The molecule has 3 rings (SSSR count). The molecule has 1 fully saturated rings. The van der Waals surface area contributed by atoms with E-state index >= 15 is 0 Å². The molecule has 2 heterocycles. The molecule has 2 N–H and O–H groups in total. The monoisotopic (exact) mass is 394 g/mol. The Kier molecular flexibility index (Phi) is 7.94. The van der Waals surface area contributed by atoms with Gasteiger partial charge in [0.15, 0.2) is 11.5 Å². The number of nitrogens with zero attached hydrogens (tertiary/aromatic N) is 2. The van der Waals surface area contributed by atoms with E-state index in [-0.39, 0.29) is 18.3 Å². The second-order valence-electron chi connectivity index (χ2n) is 6.28. The highest BCUT2D eigenvalue weighted by Gasteiger charge is 2.17. The van der Waals surface area contributed by atoms with Crippen molar-refractivity contribution >= 4 is 18.3 Å². The molecule has 0 bridgehead atoms. The third-order valence-electron chi connectivity index (χ3n) is 4.47. The van der Waals surface area contributed by atoms with Crippen LogP contribution >= 0.6 is 12.4 Å². The molecule has 0 saturated carbocycles. The Morgan fingerprint density at radius 1 is 1.37 bits per heavy atom. The van der Waals surface area contributed by atoms with Crippen molar-refractivity contribution in [2.24, 2.45) is 0 Å². The molecule has 1 aliphatic heterocycles. The summed E-state index contributed by atoms with van der Waals surface area (Å²) in [5.74, 6) is 1.18. The molecule has 2 aromatic rings. The summed E-state index contributed by atoms with van der Waals surface area (Å²) in [6.07, 6.45) is 4.10. The second-order valence-corrected chi connectivity index (χ2v) is 6.28. The van der Waals surface area contributed by atoms with E-state index in [1.807, 2.05) is 36.0 Å². The fourth-order valence-electron chi connectivity index (χ4n) is 3.09. The van der Waals surface area contributed by atoms with Crippen LogP contribution in [0.3, 0.4) is 0 Å². The zero-order valence-electron chi connectivity index (χ0n) is 15.7. The maximum atomic E-state index is 12.4. The fourth-order valence-corrected chi connectivity index (χ4v) is 3.09. The summed E-state index contributed by atoms with van der Waals surface area (Å²) >= 11 is 0. The largest absolute Gasteiger partial charge is 0.493 e. The average molecular weight is 395 g/mol. The van der Waals surface area contributed by atoms with Crippen molar-refractivity contribution in [1.29, 1.82) is 0 Å². The molecule has 1 atom stereocenters. The van der Waals surface area contributed by atoms with Crippen molar-refractivity contribution < 1.29 is 14.3 Å². The highest BCUT2D eigenvalue weighted by Crippen LogP contribution is 2.28. The van der Waals surface area contributed by atoms with Gasteiger partial charge in [0.05, 0.1) is 19.8 Å². The van der Waals surface area contributed by atoms with Crippen LogP contribution in [0.2, 0.25) is 0 Å². The number of benzene rings is 1. The Bertz CT molecular complexity index is 744. The molecule has 0 radical (unpaired) electrons. The fraction of sp³-hybridized carbons (Fsp3) is 0.474. The first-order chi connectivity index (χ1) is 12.7. The zero-order chi connectivity index (χ0) is 18.4. The number of hydrogen-bond donors (Lipinski definition) is 2. The van der Waals surface area contributed by atoms with Crippen LogP contribution in [0.1, 0.15) is 41.9 Å². The highest BCUT2D eigenvalue weighted by molar-refractivity contribution is 5.92. The van der Waals surface area contributed by atoms with Crippen LogP contribution in [0.5, 0.6) is 11.5 Å². The van der Waals surface area contributed by atoms with Gasteiger partial charge in [-0.25, -0.2) is 0 Å². The maximum Gasteiger partial charge on any atom is 0.272 e. The van der Waals surface area contributed by atoms with E-state index in [2.05, 4.69) is 15.7 Å². The van der Waals surface area contributed by atoms with E-state index < -0.39 is 0 Å². The van der Waals surface area contributed by atoms with Gasteiger partial charge < -0.3 is 20.1 Å². The molecule has 1 amide bonds. The summed E-state index contributed by atoms with van der Waals surface area (Å²) in [4.78, 5) is 12.4. The molecule has 148 valence electrons. The number of ether oxygens (including phenoxy) is 2. The number of amides is 1. The minimum absolute atomic E-state index is 0. The van der Waals surface area contributed by atoms with Gasteiger partial charge in [0.1, 0.15) is 5.69 Å². The Labute approximate surface area is 165 Å². The smallest absolute Gasteiger partial charge is 0.272 e. The van der Waals surface area contributed by atoms with Gasteiger partial charge in [-0.15, -0.1) is 12.4 Å². The third-order valence-corrected chi connectivity index (χ3v) is 4.47. The van der Waals surface area contributed by atoms with E-state index in [1.54, 1.807) is 13.2 Å². The maximum absolute atomic E-state index is 12.4. The lowest BCUT2D eigenvalue weighted by atomic mass is 10.1. The number of nitrogens with one attached hydrogen (secondary N) is 2. The summed E-state index contributed by atoms with van der Waals surface area (Å²) in [7, 11) is 1.61. The number of carbonyl (C=O) groups is 1. The van der Waals surface area contributed by atoms with Crippen LogP contribution in [0.15, 0.2) is 30.5 Å². The van der Waals surface area contributed by atoms with Gasteiger partial charge in [0.2, 0.25) is 0 Å². The summed E-state index contributed by atoms with van der Waals surface area (Å²) < 4.78 is 12.7. The number of methoxy groups -OCH3 is 1. The summed E-state index contributed by atoms with van der Waals surface area (Å²) in [6.45, 7) is 4.83. The van der Waals surface area contributed by atoms with Crippen LogP contribution in [0, 0.1) is 0 Å². The predicted octanol–water partition coefficient (Wildman–Crippen LogP) is 2.57. The molecule has 27 heavy (non-hydrogen) atoms. The number of piperidine rings is 1. The molecule has 0 spiro atoms. The molecule has 1 aromatic heterocycles. The highest BCUT2D eigenvalue weighted by atomic mass is 35.5. The number of aromatic nitrogens is 2. The van der Waals surface area contributed by atoms with Crippen molar-refractivity contribution in [3.63, 3.8) is 0 Å². The summed E-state index contributed by atoms with van der Waals surface area (Å²) in [6, 6.07) is 7.73. The normalized spacial score (nSPS) is 16.3. The van der Waals surface area contributed by atoms with Crippen molar-refractivity contribution in [3.8, 4) is 11.5 Å². The molecule has 1 unspecified atom stereocenters. The van der Waals surface area contributed by atoms with Gasteiger partial charge in [0, 0.05) is 19.3 Å². The van der Waals surface area contributed by atoms with Crippen molar-refractivity contribution in [1.82, 2.24) is 20.4 Å². The zero-order valence-corrected chi connectivity index (χ0v) is 16.6. The molecule has 1 saturated heterocycles. The Morgan fingerprint density at radius 2 is 2.22 bits per heavy atom. The molecule has 1 aromatic carbocycles. The van der Waals surface area contributed by atoms with E-state index in [4.69, 9.17) is 9.47 Å². The van der Waals surface area contributed by atoms with Gasteiger partial charge in [0.25, 0.3) is 5.91 Å². The standard InChI is InChI=1S/C19H26N4O3.ClH/c1-3-26-18-11-14(6-7-17(18)25-2)12-21-19(24)16-8-10-23(22-16)15-5-4-9-20-13-15;/h6-8,10-11,15,20H,3-5,9,12-13H2,1-2H3,(H,21,24);1H. The first-order valence-electron chi connectivity index (χ1n) is 9.05. The average Bonchev–Trinajstić information content (AvgIpc) is 3.17. The van der Waals surface area contributed by atoms with Gasteiger partial charge in [-0.05, 0) is 50.1 Å². The number of carbonyl (C=O) groups excluding carboxylic acids is 1. The first-order valence-corrected chi connectivity index (χ1v) is 9.05. The summed E-state index contributed by atoms with van der Waals surface area (Å²) in [5, 5.41) is 10.7. The van der Waals surface area contributed by atoms with Crippen LogP contribution < -0.4 is 20.1 Å². The van der Waals surface area contributed by atoms with Crippen molar-refractivity contribution in [2.75, 3.05) is 26.8 Å². The lowest BCUT2D eigenvalue weighted by molar-refractivity contribution is 0.0944. The third kappa shape index (κ3) is 5.37. The first kappa shape index (κ1) is 21.1. The lowest BCUT2D eigenvalue weighted by Gasteiger charge is -2.22. The predicted molar refractivity (Wildman–Crippen MR) is 106 cm³/mol. The van der Waals surface area contributed by atoms with E-state index in [0.717, 1.165) is 31.5 Å². The molecule has 0 aliphatic carbocycles. The van der Waals surface area contributed by atoms with Crippen LogP contribution in [0.4, 0.5) is 0 Å². The molecular weight excluding hydrogens is 368 g/mol. The van der Waals surface area contributed by atoms with Gasteiger partial charge in [-0.3, -0.25) is 9.48 Å². The summed E-state index contributed by atoms with van der Waals surface area (Å²) in [5.41, 5.74) is 1.38. The minimum atomic E-state index is -0.179. The Morgan fingerprint density at radius 3 is 2.93 bits per heavy atom. The van der Waals surface area contributed by atoms with Crippen LogP contribution in [-0.4, -0.2) is 42.5 Å². The Balaban J connectivity index is 0.00000261. The topological polar surface area (TPSA) is 77.4 Å². The van der Waals surface area contributed by atoms with E-state index in [1.165, 1.54) is 0 Å². The van der Waals surface area contributed by atoms with Gasteiger partial charge >= 0.3 is 0 Å². The number of hydrogen-bond acceptors (Lipinski definition) is 5. The molecule has 7 nitrogen and oxygen atoms in total. The van der Waals surface area contributed by atoms with Gasteiger partial charge in [-0.2, -0.15) is 5.10 Å². The molecule has 1 aliphatic rings. The van der Waals surface area contributed by atoms with Crippen LogP contribution in [-0.2, 0) is 6.54 Å². The van der Waals surface area contributed by atoms with Crippen molar-refractivity contribution in [2.45, 2.75) is 32.4 Å². The van der Waals surface area contributed by atoms with Crippen LogP contribution in [0.25, 0.3) is 0 Å². The molecular formula is C19H27ClN4O3. The number of halogens is 1. The lowest BCUT2D eigenvalue weighted by Crippen LogP contribution is -2.32. The van der Waals surface area contributed by atoms with E-state index in [0.29, 0.717) is 36.4 Å². The van der Waals surface area contributed by atoms with Gasteiger partial charge in [-0.1, -0.05) is 6.07 Å². The molecule has 8 heteroatoms. The SMILES string of the molecule is CCOc1cc(CNC(=O)c2ccn(C3CCCNC3)n2)ccc1OC.Cl. The van der Waals surface area contributed by atoms with E-state index in [9.17, 15) is 4.79 Å². The minimum Gasteiger partial charge on any atom is -0.493 e. The Hall–Kier alpha value is -2.25. The number of rotatable bonds is 7. The second kappa shape index (κ2) is 10.2.